The van der Waals surface area contributed by atoms with Gasteiger partial charge in [-0.1, -0.05) is 17.7 Å². The Morgan fingerprint density at radius 1 is 1.09 bits per heavy atom. The highest BCUT2D eigenvalue weighted by Gasteiger charge is 2.46. The summed E-state index contributed by atoms with van der Waals surface area (Å²) in [6.07, 6.45) is -0.161. The number of ether oxygens (including phenoxy) is 1. The first-order valence-electron chi connectivity index (χ1n) is 9.82. The minimum Gasteiger partial charge on any atom is -0.497 e. The maximum absolute atomic E-state index is 13.2. The lowest BCUT2D eigenvalue weighted by molar-refractivity contribution is -0.124. The van der Waals surface area contributed by atoms with Crippen molar-refractivity contribution in [3.63, 3.8) is 0 Å². The number of hydrogen-bond acceptors (Lipinski definition) is 5. The number of methoxy groups -OCH3 is 1. The Balaban J connectivity index is 1.56. The molecule has 1 N–H and O–H groups in total. The zero-order valence-corrected chi connectivity index (χ0v) is 18.7. The first-order chi connectivity index (χ1) is 15.5. The summed E-state index contributed by atoms with van der Waals surface area (Å²) >= 11 is 7.44. The van der Waals surface area contributed by atoms with Gasteiger partial charge < -0.3 is 15.0 Å². The Labute approximate surface area is 194 Å². The number of carbonyl (C=O) groups excluding carboxylic acids is 3. The number of carbonyl (C=O) groups is 3. The predicted octanol–water partition coefficient (Wildman–Crippen LogP) is 4.78. The molecular formula is C23H20ClN3O4S. The molecule has 1 aliphatic rings. The van der Waals surface area contributed by atoms with Crippen molar-refractivity contribution in [1.29, 1.82) is 0 Å². The number of imide groups is 1. The van der Waals surface area contributed by atoms with Gasteiger partial charge in [-0.15, -0.1) is 11.3 Å². The molecule has 2 aromatic carbocycles. The van der Waals surface area contributed by atoms with Crippen LogP contribution in [0.2, 0.25) is 5.02 Å². The lowest BCUT2D eigenvalue weighted by Crippen LogP contribution is -2.37. The Morgan fingerprint density at radius 2 is 1.81 bits per heavy atom. The van der Waals surface area contributed by atoms with Crippen LogP contribution in [-0.4, -0.2) is 35.9 Å². The van der Waals surface area contributed by atoms with Gasteiger partial charge in [0.15, 0.2) is 0 Å². The fourth-order valence-corrected chi connectivity index (χ4v) is 4.30. The molecule has 0 spiro atoms. The summed E-state index contributed by atoms with van der Waals surface area (Å²) < 4.78 is 5.12. The van der Waals surface area contributed by atoms with Crippen molar-refractivity contribution in [2.24, 2.45) is 0 Å². The number of nitrogens with one attached hydrogen (secondary N) is 1. The van der Waals surface area contributed by atoms with Gasteiger partial charge in [0.25, 0.3) is 5.91 Å². The van der Waals surface area contributed by atoms with E-state index in [-0.39, 0.29) is 18.9 Å². The number of benzene rings is 2. The van der Waals surface area contributed by atoms with Crippen LogP contribution in [0.5, 0.6) is 5.75 Å². The summed E-state index contributed by atoms with van der Waals surface area (Å²) in [5.74, 6) is -0.144. The molecule has 2 heterocycles. The number of hydrogen-bond donors (Lipinski definition) is 1. The molecule has 1 atom stereocenters. The van der Waals surface area contributed by atoms with Gasteiger partial charge >= 0.3 is 6.03 Å². The molecular weight excluding hydrogens is 450 g/mol. The number of nitrogens with zero attached hydrogens (tertiary/aromatic N) is 2. The van der Waals surface area contributed by atoms with Crippen LogP contribution in [0.4, 0.5) is 16.2 Å². The van der Waals surface area contributed by atoms with E-state index in [9.17, 15) is 14.4 Å². The predicted molar refractivity (Wildman–Crippen MR) is 124 cm³/mol. The minimum atomic E-state index is -0.918. The molecule has 9 heteroatoms. The SMILES string of the molecule is COc1ccc(NC(=O)CC2C(=O)N(c3ccc(Cl)cc3)C(=O)N2Cc2cccs2)cc1. The normalized spacial score (nSPS) is 15.9. The molecule has 1 fully saturated rings. The third kappa shape index (κ3) is 4.61. The summed E-state index contributed by atoms with van der Waals surface area (Å²) in [5.41, 5.74) is 0.991. The second-order valence-electron chi connectivity index (χ2n) is 7.14. The molecule has 1 saturated heterocycles. The van der Waals surface area contributed by atoms with Crippen LogP contribution >= 0.6 is 22.9 Å². The van der Waals surface area contributed by atoms with E-state index >= 15 is 0 Å². The van der Waals surface area contributed by atoms with Crippen molar-refractivity contribution in [3.8, 4) is 5.75 Å². The third-order valence-electron chi connectivity index (χ3n) is 5.06. The maximum Gasteiger partial charge on any atom is 0.332 e. The average Bonchev–Trinajstić information content (AvgIpc) is 3.38. The second-order valence-corrected chi connectivity index (χ2v) is 8.61. The smallest absolute Gasteiger partial charge is 0.332 e. The highest BCUT2D eigenvalue weighted by atomic mass is 35.5. The van der Waals surface area contributed by atoms with E-state index in [1.165, 1.54) is 16.2 Å². The van der Waals surface area contributed by atoms with E-state index in [1.807, 2.05) is 17.5 Å². The average molecular weight is 470 g/mol. The van der Waals surface area contributed by atoms with E-state index in [4.69, 9.17) is 16.3 Å². The molecule has 0 saturated carbocycles. The van der Waals surface area contributed by atoms with Gasteiger partial charge in [0.2, 0.25) is 5.91 Å². The van der Waals surface area contributed by atoms with E-state index in [2.05, 4.69) is 5.32 Å². The molecule has 32 heavy (non-hydrogen) atoms. The number of anilines is 2. The standard InChI is InChI=1S/C23H20ClN3O4S/c1-31-18-10-6-16(7-11-18)25-21(28)13-20-22(29)27(17-8-4-15(24)5-9-17)23(30)26(20)14-19-3-2-12-32-19/h2-12,20H,13-14H2,1H3,(H,25,28). The lowest BCUT2D eigenvalue weighted by Gasteiger charge is -2.21. The van der Waals surface area contributed by atoms with Crippen LogP contribution in [0, 0.1) is 0 Å². The van der Waals surface area contributed by atoms with Crippen molar-refractivity contribution in [2.45, 2.75) is 19.0 Å². The third-order valence-corrected chi connectivity index (χ3v) is 6.18. The Morgan fingerprint density at radius 3 is 2.44 bits per heavy atom. The van der Waals surface area contributed by atoms with Gasteiger partial charge in [-0.05, 0) is 60.0 Å². The fraction of sp³-hybridized carbons (Fsp3) is 0.174. The summed E-state index contributed by atoms with van der Waals surface area (Å²) in [6.45, 7) is 0.243. The zero-order valence-electron chi connectivity index (χ0n) is 17.2. The first kappa shape index (κ1) is 21.9. The molecule has 4 rings (SSSR count). The zero-order chi connectivity index (χ0) is 22.7. The Hall–Kier alpha value is -3.36. The van der Waals surface area contributed by atoms with Crippen molar-refractivity contribution >= 4 is 52.2 Å². The summed E-state index contributed by atoms with van der Waals surface area (Å²) in [5, 5.41) is 5.18. The van der Waals surface area contributed by atoms with Crippen molar-refractivity contribution in [1.82, 2.24) is 4.90 Å². The fourth-order valence-electron chi connectivity index (χ4n) is 3.47. The Kier molecular flexibility index (Phi) is 6.43. The Bertz CT molecular complexity index is 1120. The molecule has 164 valence electrons. The van der Waals surface area contributed by atoms with Crippen molar-refractivity contribution in [3.05, 3.63) is 75.9 Å². The van der Waals surface area contributed by atoms with Crippen LogP contribution in [-0.2, 0) is 16.1 Å². The van der Waals surface area contributed by atoms with Crippen LogP contribution in [0.3, 0.4) is 0 Å². The van der Waals surface area contributed by atoms with Gasteiger partial charge in [-0.25, -0.2) is 9.69 Å². The highest BCUT2D eigenvalue weighted by Crippen LogP contribution is 2.30. The molecule has 4 amide bonds. The molecule has 3 aromatic rings. The van der Waals surface area contributed by atoms with Gasteiger partial charge in [-0.3, -0.25) is 9.59 Å². The topological polar surface area (TPSA) is 79.0 Å². The van der Waals surface area contributed by atoms with Crippen LogP contribution < -0.4 is 15.0 Å². The quantitative estimate of drug-likeness (QED) is 0.505. The number of halogens is 1. The number of rotatable bonds is 7. The van der Waals surface area contributed by atoms with Crippen molar-refractivity contribution in [2.75, 3.05) is 17.3 Å². The molecule has 0 radical (unpaired) electrons. The first-order valence-corrected chi connectivity index (χ1v) is 11.1. The lowest BCUT2D eigenvalue weighted by atomic mass is 10.1. The van der Waals surface area contributed by atoms with Gasteiger partial charge in [-0.2, -0.15) is 0 Å². The van der Waals surface area contributed by atoms with E-state index in [0.29, 0.717) is 22.1 Å². The molecule has 1 unspecified atom stereocenters. The molecule has 0 aliphatic carbocycles. The van der Waals surface area contributed by atoms with E-state index in [1.54, 1.807) is 55.6 Å². The summed E-state index contributed by atoms with van der Waals surface area (Å²) in [7, 11) is 1.56. The molecule has 1 aliphatic heterocycles. The summed E-state index contributed by atoms with van der Waals surface area (Å²) in [4.78, 5) is 42.7. The minimum absolute atomic E-state index is 0.161. The van der Waals surface area contributed by atoms with Gasteiger partial charge in [0.1, 0.15) is 11.8 Å². The molecule has 1 aromatic heterocycles. The van der Waals surface area contributed by atoms with Crippen molar-refractivity contribution < 1.29 is 19.1 Å². The largest absolute Gasteiger partial charge is 0.497 e. The maximum atomic E-state index is 13.2. The number of amides is 4. The van der Waals surface area contributed by atoms with Gasteiger partial charge in [0.05, 0.1) is 25.8 Å². The monoisotopic (exact) mass is 469 g/mol. The summed E-state index contributed by atoms with van der Waals surface area (Å²) in [6, 6.07) is 15.7. The van der Waals surface area contributed by atoms with Crippen LogP contribution in [0.15, 0.2) is 66.0 Å². The number of urea groups is 1. The number of thiophene rings is 1. The second kappa shape index (κ2) is 9.42. The van der Waals surface area contributed by atoms with Crippen LogP contribution in [0.1, 0.15) is 11.3 Å². The molecule has 7 nitrogen and oxygen atoms in total. The van der Waals surface area contributed by atoms with E-state index in [0.717, 1.165) is 9.78 Å². The molecule has 0 bridgehead atoms. The van der Waals surface area contributed by atoms with E-state index < -0.39 is 18.0 Å². The highest BCUT2D eigenvalue weighted by molar-refractivity contribution is 7.09. The van der Waals surface area contributed by atoms with Gasteiger partial charge in [0, 0.05) is 15.6 Å². The van der Waals surface area contributed by atoms with Crippen LogP contribution in [0.25, 0.3) is 0 Å².